The third-order valence-electron chi connectivity index (χ3n) is 2.71. The highest BCUT2D eigenvalue weighted by Crippen LogP contribution is 2.13. The maximum Gasteiger partial charge on any atom is 0.313 e. The van der Waals surface area contributed by atoms with Gasteiger partial charge in [-0.2, -0.15) is 0 Å². The molecule has 108 valence electrons. The van der Waals surface area contributed by atoms with Gasteiger partial charge in [-0.25, -0.2) is 4.39 Å². The summed E-state index contributed by atoms with van der Waals surface area (Å²) in [6.07, 6.45) is 0. The van der Waals surface area contributed by atoms with Crippen molar-refractivity contribution in [1.82, 2.24) is 5.32 Å². The first-order valence-corrected chi connectivity index (χ1v) is 6.94. The molecule has 0 spiro atoms. The first kappa shape index (κ1) is 15.2. The van der Waals surface area contributed by atoms with Crippen molar-refractivity contribution in [3.8, 4) is 0 Å². The summed E-state index contributed by atoms with van der Waals surface area (Å²) in [5, 5.41) is 4.83. The smallest absolute Gasteiger partial charge is 0.313 e. The SMILES string of the molecule is O=C(NCc1ccccc1F)C(=O)Nc1ccc(Br)cc1. The number of carbonyl (C=O) groups is 2. The fourth-order valence-corrected chi connectivity index (χ4v) is 1.88. The van der Waals surface area contributed by atoms with Gasteiger partial charge in [0, 0.05) is 22.3 Å². The van der Waals surface area contributed by atoms with Crippen molar-refractivity contribution in [2.75, 3.05) is 5.32 Å². The van der Waals surface area contributed by atoms with E-state index >= 15 is 0 Å². The highest BCUT2D eigenvalue weighted by molar-refractivity contribution is 9.10. The quantitative estimate of drug-likeness (QED) is 0.836. The van der Waals surface area contributed by atoms with Crippen molar-refractivity contribution in [3.05, 3.63) is 64.4 Å². The summed E-state index contributed by atoms with van der Waals surface area (Å²) in [7, 11) is 0. The zero-order chi connectivity index (χ0) is 15.2. The molecular formula is C15H12BrFN2O2. The van der Waals surface area contributed by atoms with E-state index in [4.69, 9.17) is 0 Å². The molecule has 2 rings (SSSR count). The van der Waals surface area contributed by atoms with Gasteiger partial charge >= 0.3 is 11.8 Å². The minimum absolute atomic E-state index is 0.0424. The highest BCUT2D eigenvalue weighted by atomic mass is 79.9. The van der Waals surface area contributed by atoms with Crippen LogP contribution in [0, 0.1) is 5.82 Å². The molecule has 0 aromatic heterocycles. The Morgan fingerprint density at radius 3 is 2.33 bits per heavy atom. The molecule has 0 unspecified atom stereocenters. The lowest BCUT2D eigenvalue weighted by Gasteiger charge is -2.07. The summed E-state index contributed by atoms with van der Waals surface area (Å²) >= 11 is 3.27. The third kappa shape index (κ3) is 4.39. The second-order valence-corrected chi connectivity index (χ2v) is 5.15. The molecule has 2 aromatic rings. The number of halogens is 2. The number of benzene rings is 2. The number of hydrogen-bond donors (Lipinski definition) is 2. The van der Waals surface area contributed by atoms with Gasteiger partial charge in [-0.15, -0.1) is 0 Å². The first-order valence-electron chi connectivity index (χ1n) is 6.14. The van der Waals surface area contributed by atoms with Crippen LogP contribution in [0.15, 0.2) is 53.0 Å². The second-order valence-electron chi connectivity index (χ2n) is 4.24. The summed E-state index contributed by atoms with van der Waals surface area (Å²) in [6, 6.07) is 12.9. The standard InChI is InChI=1S/C15H12BrFN2O2/c16-11-5-7-12(8-6-11)19-15(21)14(20)18-9-10-3-1-2-4-13(10)17/h1-8H,9H2,(H,18,20)(H,19,21). The fourth-order valence-electron chi connectivity index (χ4n) is 1.62. The molecule has 6 heteroatoms. The average Bonchev–Trinajstić information content (AvgIpc) is 2.48. The molecule has 21 heavy (non-hydrogen) atoms. The van der Waals surface area contributed by atoms with Crippen LogP contribution in [0.3, 0.4) is 0 Å². The molecule has 0 fully saturated rings. The van der Waals surface area contributed by atoms with E-state index in [0.717, 1.165) is 4.47 Å². The van der Waals surface area contributed by atoms with Crippen LogP contribution in [-0.2, 0) is 16.1 Å². The minimum atomic E-state index is -0.818. The Labute approximate surface area is 129 Å². The van der Waals surface area contributed by atoms with Crippen molar-refractivity contribution in [3.63, 3.8) is 0 Å². The van der Waals surface area contributed by atoms with E-state index in [1.54, 1.807) is 42.5 Å². The second kappa shape index (κ2) is 6.99. The largest absolute Gasteiger partial charge is 0.344 e. The number of nitrogens with one attached hydrogen (secondary N) is 2. The van der Waals surface area contributed by atoms with Crippen LogP contribution >= 0.6 is 15.9 Å². The number of hydrogen-bond acceptors (Lipinski definition) is 2. The lowest BCUT2D eigenvalue weighted by atomic mass is 10.2. The van der Waals surface area contributed by atoms with Gasteiger partial charge in [-0.05, 0) is 30.3 Å². The van der Waals surface area contributed by atoms with Crippen LogP contribution < -0.4 is 10.6 Å². The summed E-state index contributed by atoms with van der Waals surface area (Å²) < 4.78 is 14.2. The molecule has 0 aliphatic rings. The maximum atomic E-state index is 13.4. The van der Waals surface area contributed by atoms with Gasteiger partial charge in [0.2, 0.25) is 0 Å². The molecular weight excluding hydrogens is 339 g/mol. The fraction of sp³-hybridized carbons (Fsp3) is 0.0667. The Bertz CT molecular complexity index is 659. The van der Waals surface area contributed by atoms with Gasteiger partial charge in [0.25, 0.3) is 0 Å². The van der Waals surface area contributed by atoms with Crippen LogP contribution in [0.2, 0.25) is 0 Å². The summed E-state index contributed by atoms with van der Waals surface area (Å²) in [5.41, 5.74) is 0.825. The number of carbonyl (C=O) groups excluding carboxylic acids is 2. The van der Waals surface area contributed by atoms with Gasteiger partial charge < -0.3 is 10.6 Å². The maximum absolute atomic E-state index is 13.4. The molecule has 0 bridgehead atoms. The van der Waals surface area contributed by atoms with E-state index < -0.39 is 17.6 Å². The minimum Gasteiger partial charge on any atom is -0.344 e. The van der Waals surface area contributed by atoms with E-state index in [9.17, 15) is 14.0 Å². The lowest BCUT2D eigenvalue weighted by molar-refractivity contribution is -0.136. The third-order valence-corrected chi connectivity index (χ3v) is 3.23. The molecule has 0 saturated carbocycles. The van der Waals surface area contributed by atoms with Gasteiger partial charge in [0.1, 0.15) is 5.82 Å². The molecule has 0 heterocycles. The first-order chi connectivity index (χ1) is 10.1. The number of amides is 2. The van der Waals surface area contributed by atoms with Crippen LogP contribution in [0.5, 0.6) is 0 Å². The van der Waals surface area contributed by atoms with Gasteiger partial charge in [0.05, 0.1) is 0 Å². The Morgan fingerprint density at radius 2 is 1.67 bits per heavy atom. The molecule has 2 amide bonds. The van der Waals surface area contributed by atoms with E-state index in [0.29, 0.717) is 11.3 Å². The van der Waals surface area contributed by atoms with Crippen molar-refractivity contribution in [1.29, 1.82) is 0 Å². The van der Waals surface area contributed by atoms with Gasteiger partial charge in [-0.1, -0.05) is 34.1 Å². The van der Waals surface area contributed by atoms with Gasteiger partial charge in [0.15, 0.2) is 0 Å². The topological polar surface area (TPSA) is 58.2 Å². The molecule has 0 radical (unpaired) electrons. The summed E-state index contributed by atoms with van der Waals surface area (Å²) in [4.78, 5) is 23.3. The molecule has 4 nitrogen and oxygen atoms in total. The van der Waals surface area contributed by atoms with Crippen molar-refractivity contribution in [2.45, 2.75) is 6.54 Å². The molecule has 2 aromatic carbocycles. The van der Waals surface area contributed by atoms with Gasteiger partial charge in [-0.3, -0.25) is 9.59 Å². The van der Waals surface area contributed by atoms with E-state index in [1.165, 1.54) is 6.07 Å². The van der Waals surface area contributed by atoms with Crippen LogP contribution in [0.4, 0.5) is 10.1 Å². The molecule has 0 aliphatic carbocycles. The Kier molecular flexibility index (Phi) is 5.05. The predicted molar refractivity (Wildman–Crippen MR) is 81.0 cm³/mol. The summed E-state index contributed by atoms with van der Waals surface area (Å²) in [6.45, 7) is -0.0424. The normalized spacial score (nSPS) is 10.0. The monoisotopic (exact) mass is 350 g/mol. The Hall–Kier alpha value is -2.21. The van der Waals surface area contributed by atoms with Crippen LogP contribution in [0.25, 0.3) is 0 Å². The molecule has 0 aliphatic heterocycles. The van der Waals surface area contributed by atoms with Crippen LogP contribution in [0.1, 0.15) is 5.56 Å². The highest BCUT2D eigenvalue weighted by Gasteiger charge is 2.13. The van der Waals surface area contributed by atoms with E-state index in [-0.39, 0.29) is 6.54 Å². The average molecular weight is 351 g/mol. The van der Waals surface area contributed by atoms with Crippen molar-refractivity contribution >= 4 is 33.4 Å². The number of anilines is 1. The zero-order valence-corrected chi connectivity index (χ0v) is 12.5. The molecule has 2 N–H and O–H groups in total. The molecule has 0 saturated heterocycles. The Balaban J connectivity index is 1.90. The van der Waals surface area contributed by atoms with E-state index in [2.05, 4.69) is 26.6 Å². The Morgan fingerprint density at radius 1 is 1.00 bits per heavy atom. The summed E-state index contributed by atoms with van der Waals surface area (Å²) in [5.74, 6) is -2.04. The zero-order valence-electron chi connectivity index (χ0n) is 10.9. The van der Waals surface area contributed by atoms with E-state index in [1.807, 2.05) is 0 Å². The predicted octanol–water partition coefficient (Wildman–Crippen LogP) is 2.84. The molecule has 0 atom stereocenters. The lowest BCUT2D eigenvalue weighted by Crippen LogP contribution is -2.35. The number of rotatable bonds is 3. The van der Waals surface area contributed by atoms with Crippen LogP contribution in [-0.4, -0.2) is 11.8 Å². The van der Waals surface area contributed by atoms with Crippen molar-refractivity contribution in [2.24, 2.45) is 0 Å². The van der Waals surface area contributed by atoms with Crippen molar-refractivity contribution < 1.29 is 14.0 Å².